The minimum atomic E-state index is -0.187. The molecule has 2 aliphatic carbocycles. The van der Waals surface area contributed by atoms with Crippen molar-refractivity contribution in [2.24, 2.45) is 10.8 Å². The Bertz CT molecular complexity index is 298. The first-order valence-corrected chi connectivity index (χ1v) is 5.71. The molecular formula is C13H20O. The summed E-state index contributed by atoms with van der Waals surface area (Å²) < 4.78 is 0. The first-order valence-electron chi connectivity index (χ1n) is 5.71. The standard InChI is InChI=1S/C13H20O/c1-12(2)10-6-4-5-8-13(10,3)9-7-11(12)14/h6H,4-5,7-9H2,1-3H3/t13-/m1/s1. The van der Waals surface area contributed by atoms with Crippen LogP contribution in [0.4, 0.5) is 0 Å². The lowest BCUT2D eigenvalue weighted by Crippen LogP contribution is -2.42. The van der Waals surface area contributed by atoms with Crippen molar-refractivity contribution in [1.82, 2.24) is 0 Å². The number of ketones is 1. The topological polar surface area (TPSA) is 17.1 Å². The van der Waals surface area contributed by atoms with Gasteiger partial charge in [0.1, 0.15) is 5.78 Å². The highest BCUT2D eigenvalue weighted by Crippen LogP contribution is 2.53. The van der Waals surface area contributed by atoms with Crippen molar-refractivity contribution in [3.8, 4) is 0 Å². The van der Waals surface area contributed by atoms with Gasteiger partial charge >= 0.3 is 0 Å². The van der Waals surface area contributed by atoms with Crippen molar-refractivity contribution in [1.29, 1.82) is 0 Å². The van der Waals surface area contributed by atoms with Crippen LogP contribution in [-0.4, -0.2) is 5.78 Å². The zero-order chi connectivity index (χ0) is 10.4. The van der Waals surface area contributed by atoms with Crippen molar-refractivity contribution >= 4 is 5.78 Å². The fraction of sp³-hybridized carbons (Fsp3) is 0.769. The van der Waals surface area contributed by atoms with Crippen LogP contribution in [0, 0.1) is 10.8 Å². The summed E-state index contributed by atoms with van der Waals surface area (Å²) in [5.74, 6) is 0.433. The molecule has 0 unspecified atom stereocenters. The normalized spacial score (nSPS) is 36.2. The first kappa shape index (κ1) is 9.95. The molecule has 1 fully saturated rings. The highest BCUT2D eigenvalue weighted by Gasteiger charge is 2.46. The van der Waals surface area contributed by atoms with Gasteiger partial charge in [0, 0.05) is 11.8 Å². The number of Topliss-reactive ketones (excluding diaryl/α,β-unsaturated/α-hetero) is 1. The lowest BCUT2D eigenvalue weighted by molar-refractivity contribution is -0.128. The molecule has 1 nitrogen and oxygen atoms in total. The Morgan fingerprint density at radius 1 is 1.21 bits per heavy atom. The molecule has 0 N–H and O–H groups in total. The molecule has 0 aromatic rings. The second-order valence-corrected chi connectivity index (χ2v) is 5.62. The molecule has 14 heavy (non-hydrogen) atoms. The molecule has 2 rings (SSSR count). The Labute approximate surface area is 86.6 Å². The van der Waals surface area contributed by atoms with E-state index in [0.717, 1.165) is 12.8 Å². The van der Waals surface area contributed by atoms with Crippen LogP contribution >= 0.6 is 0 Å². The van der Waals surface area contributed by atoms with Gasteiger partial charge < -0.3 is 0 Å². The molecule has 0 aromatic heterocycles. The Morgan fingerprint density at radius 2 is 1.93 bits per heavy atom. The van der Waals surface area contributed by atoms with Gasteiger partial charge in [0.25, 0.3) is 0 Å². The van der Waals surface area contributed by atoms with E-state index in [9.17, 15) is 4.79 Å². The van der Waals surface area contributed by atoms with E-state index in [1.54, 1.807) is 0 Å². The first-order chi connectivity index (χ1) is 6.47. The molecule has 1 saturated carbocycles. The molecule has 2 aliphatic rings. The maximum absolute atomic E-state index is 11.9. The van der Waals surface area contributed by atoms with E-state index in [-0.39, 0.29) is 5.41 Å². The molecule has 1 heteroatoms. The summed E-state index contributed by atoms with van der Waals surface area (Å²) in [6.45, 7) is 6.54. The predicted octanol–water partition coefficient (Wildman–Crippen LogP) is 3.49. The summed E-state index contributed by atoms with van der Waals surface area (Å²) in [7, 11) is 0. The highest BCUT2D eigenvalue weighted by atomic mass is 16.1. The molecule has 0 spiro atoms. The minimum absolute atomic E-state index is 0.187. The van der Waals surface area contributed by atoms with E-state index in [0.29, 0.717) is 11.2 Å². The van der Waals surface area contributed by atoms with Gasteiger partial charge in [-0.25, -0.2) is 0 Å². The van der Waals surface area contributed by atoms with E-state index in [1.807, 2.05) is 0 Å². The number of hydrogen-bond donors (Lipinski definition) is 0. The second kappa shape index (κ2) is 2.95. The summed E-state index contributed by atoms with van der Waals surface area (Å²) in [6, 6.07) is 0. The Morgan fingerprint density at radius 3 is 2.64 bits per heavy atom. The van der Waals surface area contributed by atoms with Gasteiger partial charge in [0.05, 0.1) is 0 Å². The van der Waals surface area contributed by atoms with E-state index in [1.165, 1.54) is 24.8 Å². The van der Waals surface area contributed by atoms with Crippen molar-refractivity contribution in [2.45, 2.75) is 52.9 Å². The van der Waals surface area contributed by atoms with Gasteiger partial charge in [-0.1, -0.05) is 18.6 Å². The smallest absolute Gasteiger partial charge is 0.142 e. The van der Waals surface area contributed by atoms with Crippen LogP contribution in [0.1, 0.15) is 52.9 Å². The summed E-state index contributed by atoms with van der Waals surface area (Å²) in [4.78, 5) is 11.9. The third kappa shape index (κ3) is 1.25. The van der Waals surface area contributed by atoms with Gasteiger partial charge in [-0.3, -0.25) is 4.79 Å². The SMILES string of the molecule is CC1(C)C(=O)CC[C@@]2(C)CCCC=C12. The summed E-state index contributed by atoms with van der Waals surface area (Å²) in [5, 5.41) is 0. The van der Waals surface area contributed by atoms with Crippen molar-refractivity contribution in [2.75, 3.05) is 0 Å². The highest BCUT2D eigenvalue weighted by molar-refractivity contribution is 5.88. The predicted molar refractivity (Wildman–Crippen MR) is 58.1 cm³/mol. The Kier molecular flexibility index (Phi) is 2.09. The molecule has 0 aliphatic heterocycles. The molecule has 0 bridgehead atoms. The number of carbonyl (C=O) groups is 1. The number of allylic oxidation sites excluding steroid dienone is 2. The van der Waals surface area contributed by atoms with E-state index >= 15 is 0 Å². The van der Waals surface area contributed by atoms with Gasteiger partial charge in [0.15, 0.2) is 0 Å². The van der Waals surface area contributed by atoms with Crippen LogP contribution in [0.5, 0.6) is 0 Å². The maximum atomic E-state index is 11.9. The monoisotopic (exact) mass is 192 g/mol. The molecule has 0 heterocycles. The maximum Gasteiger partial charge on any atom is 0.142 e. The largest absolute Gasteiger partial charge is 0.299 e. The molecule has 0 saturated heterocycles. The third-order valence-corrected chi connectivity index (χ3v) is 4.21. The lowest BCUT2D eigenvalue weighted by Gasteiger charge is -2.47. The van der Waals surface area contributed by atoms with Crippen LogP contribution in [0.25, 0.3) is 0 Å². The van der Waals surface area contributed by atoms with Crippen LogP contribution in [0.3, 0.4) is 0 Å². The summed E-state index contributed by atoms with van der Waals surface area (Å²) in [6.07, 6.45) is 7.92. The zero-order valence-electron chi connectivity index (χ0n) is 9.52. The van der Waals surface area contributed by atoms with Crippen LogP contribution in [-0.2, 0) is 4.79 Å². The van der Waals surface area contributed by atoms with E-state index < -0.39 is 0 Å². The van der Waals surface area contributed by atoms with Crippen molar-refractivity contribution in [3.63, 3.8) is 0 Å². The second-order valence-electron chi connectivity index (χ2n) is 5.62. The summed E-state index contributed by atoms with van der Waals surface area (Å²) in [5.41, 5.74) is 1.57. The van der Waals surface area contributed by atoms with Gasteiger partial charge in [0.2, 0.25) is 0 Å². The van der Waals surface area contributed by atoms with Crippen molar-refractivity contribution in [3.05, 3.63) is 11.6 Å². The van der Waals surface area contributed by atoms with Crippen LogP contribution in [0.15, 0.2) is 11.6 Å². The molecule has 78 valence electrons. The fourth-order valence-electron chi connectivity index (χ4n) is 3.24. The van der Waals surface area contributed by atoms with Crippen LogP contribution in [0.2, 0.25) is 0 Å². The average Bonchev–Trinajstić information content (AvgIpc) is 2.13. The summed E-state index contributed by atoms with van der Waals surface area (Å²) >= 11 is 0. The third-order valence-electron chi connectivity index (χ3n) is 4.21. The van der Waals surface area contributed by atoms with Crippen LogP contribution < -0.4 is 0 Å². The van der Waals surface area contributed by atoms with Gasteiger partial charge in [-0.2, -0.15) is 0 Å². The number of fused-ring (bicyclic) bond motifs is 1. The van der Waals surface area contributed by atoms with Crippen molar-refractivity contribution < 1.29 is 4.79 Å². The molecule has 0 amide bonds. The van der Waals surface area contributed by atoms with Gasteiger partial charge in [-0.15, -0.1) is 0 Å². The average molecular weight is 192 g/mol. The quantitative estimate of drug-likeness (QED) is 0.537. The van der Waals surface area contributed by atoms with E-state index in [2.05, 4.69) is 26.8 Å². The van der Waals surface area contributed by atoms with Gasteiger partial charge in [-0.05, 0) is 44.9 Å². The molecule has 1 atom stereocenters. The Balaban J connectivity index is 2.44. The molecular weight excluding hydrogens is 172 g/mol. The number of carbonyl (C=O) groups excluding carboxylic acids is 1. The zero-order valence-corrected chi connectivity index (χ0v) is 9.52. The minimum Gasteiger partial charge on any atom is -0.299 e. The fourth-order valence-corrected chi connectivity index (χ4v) is 3.24. The molecule has 0 radical (unpaired) electrons. The molecule has 0 aromatic carbocycles. The Hall–Kier alpha value is -0.590. The number of rotatable bonds is 0. The van der Waals surface area contributed by atoms with E-state index in [4.69, 9.17) is 0 Å². The lowest BCUT2D eigenvalue weighted by atomic mass is 9.56. The number of hydrogen-bond acceptors (Lipinski definition) is 1.